The van der Waals surface area contributed by atoms with Crippen LogP contribution in [-0.2, 0) is 37.9 Å². The van der Waals surface area contributed by atoms with Crippen LogP contribution in [0.4, 0.5) is 4.79 Å². The maximum atomic E-state index is 11.1. The molecule has 160 valence electrons. The van der Waals surface area contributed by atoms with Crippen molar-refractivity contribution in [3.63, 3.8) is 0 Å². The first kappa shape index (κ1) is 24.0. The lowest BCUT2D eigenvalue weighted by molar-refractivity contribution is -0.0713. The predicted molar refractivity (Wildman–Crippen MR) is 93.3 cm³/mol. The standard InChI is InChI=1S/C16H32N2O9/c17-18-16(19)27-14-15-13-25-10-9-23-6-5-21-2-1-20-3-4-22-7-8-24-11-12-26-15/h15H,1-14,17H2,(H,18,19). The van der Waals surface area contributed by atoms with E-state index in [0.29, 0.717) is 79.3 Å². The summed E-state index contributed by atoms with van der Waals surface area (Å²) in [5.74, 6) is 4.98. The number of amides is 1. The second-order valence-electron chi connectivity index (χ2n) is 5.37. The molecule has 1 atom stereocenters. The van der Waals surface area contributed by atoms with E-state index in [9.17, 15) is 4.79 Å². The smallest absolute Gasteiger partial charge is 0.421 e. The molecule has 0 aromatic heterocycles. The summed E-state index contributed by atoms with van der Waals surface area (Å²) in [5.41, 5.74) is 1.89. The third-order valence-corrected chi connectivity index (χ3v) is 3.26. The van der Waals surface area contributed by atoms with Crippen molar-refractivity contribution < 1.29 is 42.7 Å². The van der Waals surface area contributed by atoms with E-state index in [4.69, 9.17) is 43.7 Å². The molecule has 1 unspecified atom stereocenters. The number of ether oxygens (including phenoxy) is 8. The van der Waals surface area contributed by atoms with Crippen LogP contribution in [0, 0.1) is 0 Å². The van der Waals surface area contributed by atoms with Gasteiger partial charge in [0.2, 0.25) is 0 Å². The average molecular weight is 396 g/mol. The quantitative estimate of drug-likeness (QED) is 0.344. The highest BCUT2D eigenvalue weighted by Crippen LogP contribution is 1.97. The molecule has 0 saturated carbocycles. The summed E-state index contributed by atoms with van der Waals surface area (Å²) in [6.45, 7) is 5.75. The molecule has 0 bridgehead atoms. The number of carbonyl (C=O) groups is 1. The first-order chi connectivity index (χ1) is 13.3. The maximum absolute atomic E-state index is 11.1. The zero-order valence-electron chi connectivity index (χ0n) is 15.7. The number of hydrogen-bond acceptors (Lipinski definition) is 10. The summed E-state index contributed by atoms with van der Waals surface area (Å²) < 4.78 is 43.0. The third-order valence-electron chi connectivity index (χ3n) is 3.26. The lowest BCUT2D eigenvalue weighted by Gasteiger charge is -2.18. The van der Waals surface area contributed by atoms with E-state index in [2.05, 4.69) is 0 Å². The van der Waals surface area contributed by atoms with E-state index < -0.39 is 12.2 Å². The van der Waals surface area contributed by atoms with Crippen molar-refractivity contribution in [2.75, 3.05) is 92.5 Å². The molecule has 1 heterocycles. The molecule has 11 heteroatoms. The van der Waals surface area contributed by atoms with Crippen LogP contribution in [0.2, 0.25) is 0 Å². The fourth-order valence-corrected chi connectivity index (χ4v) is 1.94. The van der Waals surface area contributed by atoms with Crippen molar-refractivity contribution in [1.82, 2.24) is 5.43 Å². The Balaban J connectivity index is 2.27. The number of nitrogens with one attached hydrogen (secondary N) is 1. The Labute approximate surface area is 159 Å². The summed E-state index contributed by atoms with van der Waals surface area (Å²) in [4.78, 5) is 11.1. The Hall–Kier alpha value is -1.05. The number of hydrazine groups is 1. The SMILES string of the molecule is NNC(=O)OCC1COCCOCCOCCOCCOCCOCCO1. The van der Waals surface area contributed by atoms with Crippen LogP contribution in [0.5, 0.6) is 0 Å². The van der Waals surface area contributed by atoms with Crippen LogP contribution in [0.3, 0.4) is 0 Å². The van der Waals surface area contributed by atoms with Crippen LogP contribution in [-0.4, -0.2) is 105 Å². The van der Waals surface area contributed by atoms with E-state index in [1.807, 2.05) is 5.43 Å². The van der Waals surface area contributed by atoms with Crippen LogP contribution >= 0.6 is 0 Å². The minimum Gasteiger partial charge on any atom is -0.446 e. The number of hydrogen-bond donors (Lipinski definition) is 2. The van der Waals surface area contributed by atoms with Gasteiger partial charge in [0, 0.05) is 0 Å². The molecule has 0 aromatic rings. The molecule has 3 N–H and O–H groups in total. The minimum atomic E-state index is -0.735. The van der Waals surface area contributed by atoms with Crippen molar-refractivity contribution in [3.8, 4) is 0 Å². The third kappa shape index (κ3) is 15.7. The zero-order valence-corrected chi connectivity index (χ0v) is 15.7. The van der Waals surface area contributed by atoms with E-state index in [0.717, 1.165) is 0 Å². The predicted octanol–water partition coefficient (Wildman–Crippen LogP) is -0.915. The molecule has 1 saturated heterocycles. The van der Waals surface area contributed by atoms with Gasteiger partial charge < -0.3 is 37.9 Å². The van der Waals surface area contributed by atoms with E-state index in [1.165, 1.54) is 0 Å². The zero-order chi connectivity index (χ0) is 19.4. The fourth-order valence-electron chi connectivity index (χ4n) is 1.94. The molecule has 1 aliphatic heterocycles. The van der Waals surface area contributed by atoms with Gasteiger partial charge in [0.15, 0.2) is 0 Å². The highest BCUT2D eigenvalue weighted by molar-refractivity contribution is 5.66. The Morgan fingerprint density at radius 1 is 0.741 bits per heavy atom. The second-order valence-corrected chi connectivity index (χ2v) is 5.37. The van der Waals surface area contributed by atoms with Crippen molar-refractivity contribution >= 4 is 6.09 Å². The molecule has 0 radical (unpaired) electrons. The molecule has 27 heavy (non-hydrogen) atoms. The maximum Gasteiger partial charge on any atom is 0.421 e. The number of carbonyl (C=O) groups excluding carboxylic acids is 1. The number of nitrogens with two attached hydrogens (primary N) is 1. The van der Waals surface area contributed by atoms with Crippen LogP contribution in [0.25, 0.3) is 0 Å². The van der Waals surface area contributed by atoms with Crippen LogP contribution in [0.15, 0.2) is 0 Å². The Bertz CT molecular complexity index is 328. The summed E-state index contributed by atoms with van der Waals surface area (Å²) in [6.07, 6.45) is -1.17. The van der Waals surface area contributed by atoms with Crippen molar-refractivity contribution in [2.24, 2.45) is 5.84 Å². The normalized spacial score (nSPS) is 23.7. The van der Waals surface area contributed by atoms with Crippen molar-refractivity contribution in [2.45, 2.75) is 6.10 Å². The van der Waals surface area contributed by atoms with E-state index >= 15 is 0 Å². The summed E-state index contributed by atoms with van der Waals surface area (Å²) >= 11 is 0. The van der Waals surface area contributed by atoms with Gasteiger partial charge in [-0.15, -0.1) is 0 Å². The average Bonchev–Trinajstić information content (AvgIpc) is 2.68. The van der Waals surface area contributed by atoms with Gasteiger partial charge in [-0.1, -0.05) is 0 Å². The molecular weight excluding hydrogens is 364 g/mol. The van der Waals surface area contributed by atoms with Gasteiger partial charge in [-0.25, -0.2) is 10.6 Å². The summed E-state index contributed by atoms with van der Waals surface area (Å²) in [6, 6.07) is 0. The molecule has 0 spiro atoms. The highest BCUT2D eigenvalue weighted by atomic mass is 16.6. The molecule has 0 aliphatic carbocycles. The lowest BCUT2D eigenvalue weighted by Crippen LogP contribution is -2.35. The van der Waals surface area contributed by atoms with Crippen LogP contribution < -0.4 is 11.3 Å². The largest absolute Gasteiger partial charge is 0.446 e. The highest BCUT2D eigenvalue weighted by Gasteiger charge is 2.13. The molecule has 1 amide bonds. The summed E-state index contributed by atoms with van der Waals surface area (Å²) in [5, 5.41) is 0. The van der Waals surface area contributed by atoms with E-state index in [-0.39, 0.29) is 13.2 Å². The van der Waals surface area contributed by atoms with Gasteiger partial charge in [-0.2, -0.15) is 0 Å². The Morgan fingerprint density at radius 3 is 1.59 bits per heavy atom. The van der Waals surface area contributed by atoms with Gasteiger partial charge in [-0.3, -0.25) is 5.43 Å². The summed E-state index contributed by atoms with van der Waals surface area (Å²) in [7, 11) is 0. The van der Waals surface area contributed by atoms with Gasteiger partial charge >= 0.3 is 6.09 Å². The molecular formula is C16H32N2O9. The minimum absolute atomic E-state index is 0.0147. The van der Waals surface area contributed by atoms with Gasteiger partial charge in [-0.05, 0) is 0 Å². The molecule has 1 fully saturated rings. The first-order valence-corrected chi connectivity index (χ1v) is 9.04. The van der Waals surface area contributed by atoms with Gasteiger partial charge in [0.05, 0.1) is 85.9 Å². The van der Waals surface area contributed by atoms with Crippen molar-refractivity contribution in [3.05, 3.63) is 0 Å². The van der Waals surface area contributed by atoms with Gasteiger partial charge in [0.1, 0.15) is 12.7 Å². The Kier molecular flexibility index (Phi) is 16.3. The Morgan fingerprint density at radius 2 is 1.15 bits per heavy atom. The fraction of sp³-hybridized carbons (Fsp3) is 0.938. The second kappa shape index (κ2) is 18.3. The molecule has 11 nitrogen and oxygen atoms in total. The monoisotopic (exact) mass is 396 g/mol. The molecule has 0 aromatic carbocycles. The number of rotatable bonds is 2. The van der Waals surface area contributed by atoms with Gasteiger partial charge in [0.25, 0.3) is 0 Å². The lowest BCUT2D eigenvalue weighted by atomic mass is 10.4. The van der Waals surface area contributed by atoms with Crippen LogP contribution in [0.1, 0.15) is 0 Å². The first-order valence-electron chi connectivity index (χ1n) is 9.04. The molecule has 1 rings (SSSR count). The molecule has 1 aliphatic rings. The van der Waals surface area contributed by atoms with E-state index in [1.54, 1.807) is 0 Å². The van der Waals surface area contributed by atoms with Crippen molar-refractivity contribution in [1.29, 1.82) is 0 Å². The topological polar surface area (TPSA) is 129 Å².